The van der Waals surface area contributed by atoms with Crippen molar-refractivity contribution in [3.63, 3.8) is 0 Å². The first-order valence-electron chi connectivity index (χ1n) is 6.34. The van der Waals surface area contributed by atoms with E-state index in [4.69, 9.17) is 32.7 Å². The lowest BCUT2D eigenvalue weighted by Crippen LogP contribution is -2.31. The molecule has 1 saturated heterocycles. The van der Waals surface area contributed by atoms with Gasteiger partial charge in [0.15, 0.2) is 12.1 Å². The Morgan fingerprint density at radius 1 is 1.42 bits per heavy atom. The zero-order valence-corrected chi connectivity index (χ0v) is 12.2. The van der Waals surface area contributed by atoms with E-state index < -0.39 is 6.10 Å². The molecule has 0 saturated carbocycles. The van der Waals surface area contributed by atoms with Crippen LogP contribution < -0.4 is 0 Å². The summed E-state index contributed by atoms with van der Waals surface area (Å²) in [6.45, 7) is 2.40. The van der Waals surface area contributed by atoms with E-state index in [1.165, 1.54) is 0 Å². The first-order valence-corrected chi connectivity index (χ1v) is 7.10. The quantitative estimate of drug-likeness (QED) is 0.785. The molecule has 1 heterocycles. The molecule has 0 bridgehead atoms. The van der Waals surface area contributed by atoms with E-state index in [2.05, 4.69) is 0 Å². The highest BCUT2D eigenvalue weighted by Crippen LogP contribution is 2.24. The topological polar surface area (TPSA) is 35.5 Å². The van der Waals surface area contributed by atoms with Crippen LogP contribution >= 0.6 is 23.2 Å². The van der Waals surface area contributed by atoms with Crippen LogP contribution in [0.4, 0.5) is 0 Å². The van der Waals surface area contributed by atoms with Gasteiger partial charge < -0.3 is 9.47 Å². The van der Waals surface area contributed by atoms with Crippen LogP contribution in [0, 0.1) is 0 Å². The van der Waals surface area contributed by atoms with Crippen LogP contribution in [0.3, 0.4) is 0 Å². The number of Topliss-reactive ketones (excluding diaryl/α,β-unsaturated/α-hetero) is 1. The molecular weight excluding hydrogens is 287 g/mol. The van der Waals surface area contributed by atoms with Gasteiger partial charge in [0.1, 0.15) is 6.10 Å². The minimum absolute atomic E-state index is 0.157. The Kier molecular flexibility index (Phi) is 5.22. The van der Waals surface area contributed by atoms with Crippen molar-refractivity contribution in [3.8, 4) is 0 Å². The van der Waals surface area contributed by atoms with Gasteiger partial charge in [-0.1, -0.05) is 23.2 Å². The van der Waals surface area contributed by atoms with Crippen molar-refractivity contribution in [3.05, 3.63) is 33.8 Å². The third kappa shape index (κ3) is 3.93. The lowest BCUT2D eigenvalue weighted by Gasteiger charge is -2.25. The normalized spacial score (nSPS) is 21.1. The Bertz CT molecular complexity index is 456. The molecule has 2 atom stereocenters. The summed E-state index contributed by atoms with van der Waals surface area (Å²) in [5, 5.41) is 0.850. The number of carbonyl (C=O) groups excluding carboxylic acids is 1. The number of ketones is 1. The summed E-state index contributed by atoms with van der Waals surface area (Å²) in [5.41, 5.74) is 0.425. The summed E-state index contributed by atoms with van der Waals surface area (Å²) in [6, 6.07) is 4.82. The number of hydrogen-bond acceptors (Lipinski definition) is 3. The first-order chi connectivity index (χ1) is 9.08. The van der Waals surface area contributed by atoms with E-state index in [0.717, 1.165) is 19.3 Å². The van der Waals surface area contributed by atoms with Gasteiger partial charge >= 0.3 is 0 Å². The number of halogens is 2. The number of rotatable bonds is 4. The van der Waals surface area contributed by atoms with E-state index in [9.17, 15) is 4.79 Å². The van der Waals surface area contributed by atoms with Gasteiger partial charge in [0.05, 0.1) is 5.02 Å². The molecule has 1 aliphatic rings. The van der Waals surface area contributed by atoms with Crippen LogP contribution in [0.1, 0.15) is 36.5 Å². The van der Waals surface area contributed by atoms with Crippen molar-refractivity contribution in [2.45, 2.75) is 38.6 Å². The van der Waals surface area contributed by atoms with Crippen molar-refractivity contribution >= 4 is 29.0 Å². The van der Waals surface area contributed by atoms with Crippen LogP contribution in [-0.4, -0.2) is 24.8 Å². The molecule has 5 heteroatoms. The van der Waals surface area contributed by atoms with Crippen molar-refractivity contribution < 1.29 is 14.3 Å². The maximum Gasteiger partial charge on any atom is 0.192 e. The molecular formula is C14H16Cl2O3. The smallest absolute Gasteiger partial charge is 0.192 e. The molecule has 0 N–H and O–H groups in total. The van der Waals surface area contributed by atoms with Gasteiger partial charge in [-0.25, -0.2) is 0 Å². The van der Waals surface area contributed by atoms with Crippen LogP contribution in [-0.2, 0) is 9.47 Å². The lowest BCUT2D eigenvalue weighted by molar-refractivity contribution is -0.174. The summed E-state index contributed by atoms with van der Waals surface area (Å²) in [7, 11) is 0. The molecule has 0 aromatic heterocycles. The fourth-order valence-corrected chi connectivity index (χ4v) is 2.52. The Labute approximate surface area is 122 Å². The third-order valence-corrected chi connectivity index (χ3v) is 3.61. The molecule has 0 aliphatic carbocycles. The second-order valence-corrected chi connectivity index (χ2v) is 5.41. The van der Waals surface area contributed by atoms with Crippen molar-refractivity contribution in [2.24, 2.45) is 0 Å². The summed E-state index contributed by atoms with van der Waals surface area (Å²) >= 11 is 11.8. The van der Waals surface area contributed by atoms with E-state index in [-0.39, 0.29) is 12.1 Å². The molecule has 1 aromatic rings. The minimum atomic E-state index is -0.582. The van der Waals surface area contributed by atoms with E-state index in [1.807, 2.05) is 0 Å². The maximum absolute atomic E-state index is 12.2. The summed E-state index contributed by atoms with van der Waals surface area (Å²) in [5.74, 6) is -0.157. The Morgan fingerprint density at radius 3 is 2.84 bits per heavy atom. The fourth-order valence-electron chi connectivity index (χ4n) is 2.02. The Balaban J connectivity index is 2.01. The van der Waals surface area contributed by atoms with Crippen LogP contribution in [0.5, 0.6) is 0 Å². The highest BCUT2D eigenvalue weighted by Gasteiger charge is 2.24. The molecule has 19 heavy (non-hydrogen) atoms. The predicted molar refractivity (Wildman–Crippen MR) is 74.9 cm³/mol. The van der Waals surface area contributed by atoms with Gasteiger partial charge in [-0.05, 0) is 44.4 Å². The molecule has 2 unspecified atom stereocenters. The average molecular weight is 303 g/mol. The molecule has 1 fully saturated rings. The highest BCUT2D eigenvalue weighted by molar-refractivity contribution is 6.37. The first kappa shape index (κ1) is 14.8. The van der Waals surface area contributed by atoms with E-state index in [0.29, 0.717) is 22.2 Å². The lowest BCUT2D eigenvalue weighted by atomic mass is 10.1. The standard InChI is InChI=1S/C14H16Cl2O3/c1-9(19-13-4-2-3-7-18-13)14(17)11-6-5-10(15)8-12(11)16/h5-6,8-9,13H,2-4,7H2,1H3. The monoisotopic (exact) mass is 302 g/mol. The second-order valence-electron chi connectivity index (χ2n) is 4.56. The number of ether oxygens (including phenoxy) is 2. The van der Waals surface area contributed by atoms with Crippen LogP contribution in [0.2, 0.25) is 10.0 Å². The third-order valence-electron chi connectivity index (χ3n) is 3.06. The van der Waals surface area contributed by atoms with Gasteiger partial charge in [0, 0.05) is 17.2 Å². The van der Waals surface area contributed by atoms with E-state index in [1.54, 1.807) is 25.1 Å². The van der Waals surface area contributed by atoms with Crippen LogP contribution in [0.15, 0.2) is 18.2 Å². The minimum Gasteiger partial charge on any atom is -0.353 e. The molecule has 0 amide bonds. The molecule has 3 nitrogen and oxygen atoms in total. The molecule has 1 aromatic carbocycles. The van der Waals surface area contributed by atoms with Crippen molar-refractivity contribution in [2.75, 3.05) is 6.61 Å². The molecule has 104 valence electrons. The number of carbonyl (C=O) groups is 1. The molecule has 2 rings (SSSR count). The van der Waals surface area contributed by atoms with Crippen molar-refractivity contribution in [1.29, 1.82) is 0 Å². The van der Waals surface area contributed by atoms with Crippen LogP contribution in [0.25, 0.3) is 0 Å². The summed E-state index contributed by atoms with van der Waals surface area (Å²) in [4.78, 5) is 12.2. The van der Waals surface area contributed by atoms with E-state index >= 15 is 0 Å². The van der Waals surface area contributed by atoms with Gasteiger partial charge in [-0.3, -0.25) is 4.79 Å². The maximum atomic E-state index is 12.2. The fraction of sp³-hybridized carbons (Fsp3) is 0.500. The van der Waals surface area contributed by atoms with Crippen molar-refractivity contribution in [1.82, 2.24) is 0 Å². The van der Waals surface area contributed by atoms with Gasteiger partial charge in [-0.2, -0.15) is 0 Å². The Hall–Kier alpha value is -0.610. The van der Waals surface area contributed by atoms with Gasteiger partial charge in [-0.15, -0.1) is 0 Å². The molecule has 1 aliphatic heterocycles. The number of benzene rings is 1. The summed E-state index contributed by atoms with van der Waals surface area (Å²) in [6.07, 6.45) is 2.06. The zero-order valence-electron chi connectivity index (χ0n) is 10.7. The molecule has 0 radical (unpaired) electrons. The largest absolute Gasteiger partial charge is 0.353 e. The molecule has 0 spiro atoms. The van der Waals surface area contributed by atoms with Gasteiger partial charge in [0.25, 0.3) is 0 Å². The summed E-state index contributed by atoms with van der Waals surface area (Å²) < 4.78 is 11.1. The van der Waals surface area contributed by atoms with Gasteiger partial charge in [0.2, 0.25) is 0 Å². The zero-order chi connectivity index (χ0) is 13.8. The predicted octanol–water partition coefficient (Wildman–Crippen LogP) is 4.11. The SMILES string of the molecule is CC(OC1CCCCO1)C(=O)c1ccc(Cl)cc1Cl. The Morgan fingerprint density at radius 2 is 2.21 bits per heavy atom. The average Bonchev–Trinajstić information content (AvgIpc) is 2.39. The number of hydrogen-bond donors (Lipinski definition) is 0. The second kappa shape index (κ2) is 6.71. The highest BCUT2D eigenvalue weighted by atomic mass is 35.5.